The van der Waals surface area contributed by atoms with Gasteiger partial charge in [-0.15, -0.1) is 0 Å². The number of rotatable bonds is 5. The molecule has 0 saturated carbocycles. The molecule has 1 aromatic carbocycles. The Kier molecular flexibility index (Phi) is 5.13. The van der Waals surface area contributed by atoms with Crippen molar-refractivity contribution in [1.82, 2.24) is 9.71 Å². The van der Waals surface area contributed by atoms with E-state index in [9.17, 15) is 21.6 Å². The summed E-state index contributed by atoms with van der Waals surface area (Å²) >= 11 is 5.62. The molecule has 0 aliphatic carbocycles. The molecule has 0 aliphatic heterocycles. The first-order chi connectivity index (χ1) is 11.2. The molecular formula is C14H9ClF3N3O2S. The number of hydrogen-bond donors (Lipinski definition) is 1. The van der Waals surface area contributed by atoms with Gasteiger partial charge in [0.05, 0.1) is 5.56 Å². The Morgan fingerprint density at radius 2 is 1.88 bits per heavy atom. The van der Waals surface area contributed by atoms with Crippen molar-refractivity contribution in [3.63, 3.8) is 0 Å². The van der Waals surface area contributed by atoms with Crippen LogP contribution >= 0.6 is 11.6 Å². The fourth-order valence-corrected chi connectivity index (χ4v) is 3.13. The molecular weight excluding hydrogens is 367 g/mol. The Morgan fingerprint density at radius 3 is 2.42 bits per heavy atom. The molecule has 0 spiro atoms. The molecule has 24 heavy (non-hydrogen) atoms. The molecule has 0 bridgehead atoms. The van der Waals surface area contributed by atoms with Gasteiger partial charge in [0.25, 0.3) is 12.2 Å². The lowest BCUT2D eigenvalue weighted by atomic mass is 10.1. The second kappa shape index (κ2) is 6.76. The first-order valence-electron chi connectivity index (χ1n) is 6.31. The van der Waals surface area contributed by atoms with Gasteiger partial charge >= 0.3 is 0 Å². The van der Waals surface area contributed by atoms with Gasteiger partial charge in [-0.05, 0) is 18.2 Å². The maximum Gasteiger partial charge on any atom is 0.290 e. The molecule has 0 amide bonds. The fraction of sp³-hybridized carbons (Fsp3) is 0.143. The van der Waals surface area contributed by atoms with E-state index in [1.54, 1.807) is 6.07 Å². The van der Waals surface area contributed by atoms with Gasteiger partial charge < -0.3 is 0 Å². The minimum Gasteiger partial charge on any atom is -0.262 e. The lowest BCUT2D eigenvalue weighted by Crippen LogP contribution is -2.47. The van der Waals surface area contributed by atoms with Crippen LogP contribution in [0.2, 0.25) is 5.02 Å². The second-order valence-corrected chi connectivity index (χ2v) is 6.76. The van der Waals surface area contributed by atoms with Crippen molar-refractivity contribution in [1.29, 1.82) is 5.26 Å². The number of nitrogens with one attached hydrogen (secondary N) is 1. The van der Waals surface area contributed by atoms with Crippen molar-refractivity contribution in [3.05, 3.63) is 58.9 Å². The Balaban J connectivity index is 2.46. The number of nitriles is 1. The molecule has 10 heteroatoms. The molecule has 1 N–H and O–H groups in total. The highest BCUT2D eigenvalue weighted by Gasteiger charge is 2.46. The molecule has 5 nitrogen and oxygen atoms in total. The summed E-state index contributed by atoms with van der Waals surface area (Å²) in [4.78, 5) is 2.90. The highest BCUT2D eigenvalue weighted by atomic mass is 35.5. The predicted octanol–water partition coefficient (Wildman–Crippen LogP) is 2.97. The Hall–Kier alpha value is -2.15. The van der Waals surface area contributed by atoms with Crippen molar-refractivity contribution in [2.75, 3.05) is 0 Å². The molecule has 1 atom stereocenters. The normalized spacial score (nSPS) is 14.2. The number of alkyl halides is 3. The molecule has 0 radical (unpaired) electrons. The van der Waals surface area contributed by atoms with E-state index >= 15 is 0 Å². The van der Waals surface area contributed by atoms with Crippen LogP contribution in [-0.2, 0) is 15.8 Å². The van der Waals surface area contributed by atoms with Gasteiger partial charge in [0.1, 0.15) is 11.0 Å². The number of halogens is 4. The zero-order valence-electron chi connectivity index (χ0n) is 11.7. The van der Waals surface area contributed by atoms with Gasteiger partial charge in [0.2, 0.25) is 10.0 Å². The van der Waals surface area contributed by atoms with Crippen LogP contribution in [0.3, 0.4) is 0 Å². The molecule has 1 heterocycles. The van der Waals surface area contributed by atoms with Gasteiger partial charge in [-0.2, -0.15) is 9.98 Å². The zero-order valence-corrected chi connectivity index (χ0v) is 13.3. The average Bonchev–Trinajstić information content (AvgIpc) is 2.54. The summed E-state index contributed by atoms with van der Waals surface area (Å²) in [5.41, 5.74) is -0.735. The van der Waals surface area contributed by atoms with Crippen molar-refractivity contribution in [2.45, 2.75) is 17.1 Å². The number of hydrogen-bond acceptors (Lipinski definition) is 4. The topological polar surface area (TPSA) is 82.8 Å². The van der Waals surface area contributed by atoms with E-state index in [1.165, 1.54) is 4.72 Å². The molecule has 2 aromatic rings. The number of sulfonamides is 1. The Bertz CT molecular complexity index is 885. The predicted molar refractivity (Wildman–Crippen MR) is 79.5 cm³/mol. The van der Waals surface area contributed by atoms with Crippen LogP contribution in [0.15, 0.2) is 47.6 Å². The molecule has 2 rings (SSSR count). The van der Waals surface area contributed by atoms with Crippen molar-refractivity contribution in [3.8, 4) is 6.07 Å². The van der Waals surface area contributed by atoms with E-state index in [0.717, 1.165) is 42.7 Å². The highest BCUT2D eigenvalue weighted by Crippen LogP contribution is 2.32. The van der Waals surface area contributed by atoms with Gasteiger partial charge in [0, 0.05) is 23.0 Å². The monoisotopic (exact) mass is 375 g/mol. The number of pyridine rings is 1. The number of nitrogens with zero attached hydrogens (tertiary/aromatic N) is 2. The highest BCUT2D eigenvalue weighted by molar-refractivity contribution is 7.89. The quantitative estimate of drug-likeness (QED) is 0.814. The summed E-state index contributed by atoms with van der Waals surface area (Å²) in [5, 5.41) is 8.91. The fourth-order valence-electron chi connectivity index (χ4n) is 1.80. The minimum absolute atomic E-state index is 0.120. The smallest absolute Gasteiger partial charge is 0.262 e. The van der Waals surface area contributed by atoms with Gasteiger partial charge in [-0.3, -0.25) is 4.98 Å². The van der Waals surface area contributed by atoms with Crippen LogP contribution in [0.5, 0.6) is 0 Å². The maximum atomic E-state index is 14.8. The molecule has 0 saturated heterocycles. The van der Waals surface area contributed by atoms with Gasteiger partial charge in [-0.25, -0.2) is 21.6 Å². The summed E-state index contributed by atoms with van der Waals surface area (Å²) in [5.74, 6) is -3.67. The zero-order chi connectivity index (χ0) is 18.0. The third-order valence-electron chi connectivity index (χ3n) is 3.00. The van der Waals surface area contributed by atoms with Crippen molar-refractivity contribution in [2.24, 2.45) is 0 Å². The van der Waals surface area contributed by atoms with Crippen LogP contribution in [0.25, 0.3) is 0 Å². The summed E-state index contributed by atoms with van der Waals surface area (Å²) in [6.07, 6.45) is -1.80. The Morgan fingerprint density at radius 1 is 1.25 bits per heavy atom. The van der Waals surface area contributed by atoms with Gasteiger partial charge in [0.15, 0.2) is 0 Å². The molecule has 0 aliphatic rings. The molecule has 0 fully saturated rings. The molecule has 126 valence electrons. The SMILES string of the molecule is N#Cc1cncc(S(=O)(=O)NC(F)(c2ccc(Cl)cc2)C(F)F)c1. The first-order valence-corrected chi connectivity index (χ1v) is 8.17. The lowest BCUT2D eigenvalue weighted by Gasteiger charge is -2.26. The maximum absolute atomic E-state index is 14.8. The van der Waals surface area contributed by atoms with Gasteiger partial charge in [-0.1, -0.05) is 23.7 Å². The summed E-state index contributed by atoms with van der Waals surface area (Å²) < 4.78 is 67.0. The van der Waals surface area contributed by atoms with E-state index in [4.69, 9.17) is 16.9 Å². The first kappa shape index (κ1) is 18.2. The van der Waals surface area contributed by atoms with Crippen molar-refractivity contribution >= 4 is 21.6 Å². The Labute approximate surface area is 140 Å². The summed E-state index contributed by atoms with van der Waals surface area (Å²) in [7, 11) is -4.71. The van der Waals surface area contributed by atoms with Crippen LogP contribution in [-0.4, -0.2) is 19.8 Å². The summed E-state index contributed by atoms with van der Waals surface area (Å²) in [6, 6.07) is 6.74. The van der Waals surface area contributed by atoms with E-state index in [2.05, 4.69) is 4.98 Å². The van der Waals surface area contributed by atoms with E-state index in [1.807, 2.05) is 0 Å². The third-order valence-corrected chi connectivity index (χ3v) is 4.66. The third kappa shape index (κ3) is 3.67. The average molecular weight is 376 g/mol. The van der Waals surface area contributed by atoms with E-state index in [0.29, 0.717) is 0 Å². The minimum atomic E-state index is -4.71. The van der Waals surface area contributed by atoms with E-state index in [-0.39, 0.29) is 10.6 Å². The van der Waals surface area contributed by atoms with Crippen LogP contribution in [0, 0.1) is 11.3 Å². The second-order valence-electron chi connectivity index (χ2n) is 4.65. The molecule has 1 unspecified atom stereocenters. The summed E-state index contributed by atoms with van der Waals surface area (Å²) in [6.45, 7) is 0. The van der Waals surface area contributed by atoms with E-state index < -0.39 is 32.7 Å². The largest absolute Gasteiger partial charge is 0.290 e. The number of benzene rings is 1. The lowest BCUT2D eigenvalue weighted by molar-refractivity contribution is -0.0474. The molecule has 1 aromatic heterocycles. The number of aromatic nitrogens is 1. The standard InChI is InChI=1S/C14H9ClF3N3O2S/c15-11-3-1-10(2-4-11)14(18,13(16)17)21-24(22,23)12-5-9(6-19)7-20-8-12/h1-5,7-8,13,21H. The van der Waals surface area contributed by atoms with Crippen LogP contribution in [0.4, 0.5) is 13.2 Å². The van der Waals surface area contributed by atoms with Crippen LogP contribution in [0.1, 0.15) is 11.1 Å². The van der Waals surface area contributed by atoms with Crippen LogP contribution < -0.4 is 4.72 Å². The van der Waals surface area contributed by atoms with Crippen molar-refractivity contribution < 1.29 is 21.6 Å².